The first-order valence-electron chi connectivity index (χ1n) is 6.96. The fourth-order valence-electron chi connectivity index (χ4n) is 2.84. The van der Waals surface area contributed by atoms with E-state index >= 15 is 0 Å². The zero-order valence-corrected chi connectivity index (χ0v) is 12.6. The molecule has 0 N–H and O–H groups in total. The second kappa shape index (κ2) is 5.41. The van der Waals surface area contributed by atoms with Gasteiger partial charge < -0.3 is 4.90 Å². The molecular weight excluding hydrogens is 270 g/mol. The molecule has 0 spiro atoms. The summed E-state index contributed by atoms with van der Waals surface area (Å²) < 4.78 is 0. The lowest BCUT2D eigenvalue weighted by atomic mass is 9.99. The monoisotopic (exact) mass is 287 g/mol. The first kappa shape index (κ1) is 13.4. The normalized spacial score (nSPS) is 18.6. The van der Waals surface area contributed by atoms with Gasteiger partial charge in [0.05, 0.1) is 0 Å². The Morgan fingerprint density at radius 2 is 1.90 bits per heavy atom. The van der Waals surface area contributed by atoms with E-state index in [1.807, 2.05) is 13.8 Å². The molecule has 1 aliphatic heterocycles. The highest BCUT2D eigenvalue weighted by Crippen LogP contribution is 2.32. The van der Waals surface area contributed by atoms with E-state index in [1.165, 1.54) is 5.56 Å². The van der Waals surface area contributed by atoms with Crippen LogP contribution < -0.4 is 4.90 Å². The summed E-state index contributed by atoms with van der Waals surface area (Å²) in [5.41, 5.74) is 2.38. The summed E-state index contributed by atoms with van der Waals surface area (Å²) in [7, 11) is 0. The second-order valence-corrected chi connectivity index (χ2v) is 5.71. The summed E-state index contributed by atoms with van der Waals surface area (Å²) in [6, 6.07) is 10.7. The van der Waals surface area contributed by atoms with E-state index in [-0.39, 0.29) is 0 Å². The molecule has 1 atom stereocenters. The van der Waals surface area contributed by atoms with E-state index in [9.17, 15) is 0 Å². The van der Waals surface area contributed by atoms with E-state index < -0.39 is 0 Å². The topological polar surface area (TPSA) is 29.0 Å². The zero-order valence-electron chi connectivity index (χ0n) is 11.8. The molecule has 3 rings (SSSR count). The van der Waals surface area contributed by atoms with Crippen molar-refractivity contribution in [3.8, 4) is 0 Å². The average Bonchev–Trinajstić information content (AvgIpc) is 2.93. The van der Waals surface area contributed by atoms with Gasteiger partial charge in [-0.05, 0) is 25.8 Å². The van der Waals surface area contributed by atoms with Gasteiger partial charge in [0.25, 0.3) is 0 Å². The molecule has 1 saturated heterocycles. The van der Waals surface area contributed by atoms with Crippen LogP contribution in [0.5, 0.6) is 0 Å². The minimum atomic E-state index is 0.565. The van der Waals surface area contributed by atoms with Crippen molar-refractivity contribution in [1.29, 1.82) is 0 Å². The molecule has 0 saturated carbocycles. The van der Waals surface area contributed by atoms with Gasteiger partial charge in [0.1, 0.15) is 16.8 Å². The molecule has 20 heavy (non-hydrogen) atoms. The Hall–Kier alpha value is -1.61. The Bertz CT molecular complexity index is 613. The summed E-state index contributed by atoms with van der Waals surface area (Å²) in [4.78, 5) is 11.1. The lowest BCUT2D eigenvalue weighted by molar-refractivity contribution is 0.773. The molecule has 1 aromatic heterocycles. The fraction of sp³-hybridized carbons (Fsp3) is 0.375. The summed E-state index contributed by atoms with van der Waals surface area (Å²) in [6.45, 7) is 5.90. The molecule has 104 valence electrons. The van der Waals surface area contributed by atoms with Crippen molar-refractivity contribution >= 4 is 17.4 Å². The molecule has 0 amide bonds. The highest BCUT2D eigenvalue weighted by molar-refractivity contribution is 6.30. The van der Waals surface area contributed by atoms with Gasteiger partial charge in [-0.1, -0.05) is 41.9 Å². The smallest absolute Gasteiger partial charge is 0.137 e. The van der Waals surface area contributed by atoms with Gasteiger partial charge in [-0.25, -0.2) is 9.97 Å². The third kappa shape index (κ3) is 2.50. The van der Waals surface area contributed by atoms with Crippen LogP contribution in [0.4, 0.5) is 5.82 Å². The first-order chi connectivity index (χ1) is 9.65. The molecule has 4 heteroatoms. The lowest BCUT2D eigenvalue weighted by Gasteiger charge is -2.20. The third-order valence-corrected chi connectivity index (χ3v) is 4.30. The number of halogens is 1. The van der Waals surface area contributed by atoms with Crippen molar-refractivity contribution in [2.45, 2.75) is 26.2 Å². The van der Waals surface area contributed by atoms with Crippen LogP contribution in [0.2, 0.25) is 5.15 Å². The molecule has 2 heterocycles. The van der Waals surface area contributed by atoms with E-state index in [4.69, 9.17) is 11.6 Å². The van der Waals surface area contributed by atoms with Crippen molar-refractivity contribution in [3.63, 3.8) is 0 Å². The molecular formula is C16H18ClN3. The maximum atomic E-state index is 6.17. The number of hydrogen-bond acceptors (Lipinski definition) is 3. The standard InChI is InChI=1S/C16H18ClN3/c1-11-15(17)18-12(2)19-16(11)20-9-8-14(10-20)13-6-4-3-5-7-13/h3-7,14H,8-10H2,1-2H3. The van der Waals surface area contributed by atoms with Crippen LogP contribution in [0.1, 0.15) is 29.3 Å². The van der Waals surface area contributed by atoms with Gasteiger partial charge in [-0.2, -0.15) is 0 Å². The summed E-state index contributed by atoms with van der Waals surface area (Å²) >= 11 is 6.17. The number of anilines is 1. The van der Waals surface area contributed by atoms with Crippen LogP contribution in [0, 0.1) is 13.8 Å². The maximum Gasteiger partial charge on any atom is 0.137 e. The summed E-state index contributed by atoms with van der Waals surface area (Å²) in [6.07, 6.45) is 1.16. The summed E-state index contributed by atoms with van der Waals surface area (Å²) in [5.74, 6) is 2.30. The summed E-state index contributed by atoms with van der Waals surface area (Å²) in [5, 5.41) is 0.565. The molecule has 3 nitrogen and oxygen atoms in total. The molecule has 2 aromatic rings. The van der Waals surface area contributed by atoms with Crippen molar-refractivity contribution in [2.24, 2.45) is 0 Å². The van der Waals surface area contributed by atoms with Crippen molar-refractivity contribution in [3.05, 3.63) is 52.4 Å². The predicted molar refractivity (Wildman–Crippen MR) is 82.5 cm³/mol. The highest BCUT2D eigenvalue weighted by Gasteiger charge is 2.26. The number of benzene rings is 1. The lowest BCUT2D eigenvalue weighted by Crippen LogP contribution is -2.22. The largest absolute Gasteiger partial charge is 0.356 e. The first-order valence-corrected chi connectivity index (χ1v) is 7.33. The third-order valence-electron chi connectivity index (χ3n) is 3.93. The molecule has 1 unspecified atom stereocenters. The van der Waals surface area contributed by atoms with Crippen LogP contribution in [0.3, 0.4) is 0 Å². The molecule has 0 radical (unpaired) electrons. The highest BCUT2D eigenvalue weighted by atomic mass is 35.5. The second-order valence-electron chi connectivity index (χ2n) is 5.35. The van der Waals surface area contributed by atoms with Crippen molar-refractivity contribution < 1.29 is 0 Å². The van der Waals surface area contributed by atoms with Crippen LogP contribution in [-0.2, 0) is 0 Å². The molecule has 0 bridgehead atoms. The van der Waals surface area contributed by atoms with Crippen LogP contribution in [0.15, 0.2) is 30.3 Å². The quantitative estimate of drug-likeness (QED) is 0.788. The van der Waals surface area contributed by atoms with Gasteiger partial charge >= 0.3 is 0 Å². The Morgan fingerprint density at radius 1 is 1.15 bits per heavy atom. The van der Waals surface area contributed by atoms with Crippen molar-refractivity contribution in [1.82, 2.24) is 9.97 Å². The van der Waals surface area contributed by atoms with Gasteiger partial charge in [0, 0.05) is 24.6 Å². The van der Waals surface area contributed by atoms with Crippen molar-refractivity contribution in [2.75, 3.05) is 18.0 Å². The Kier molecular flexibility index (Phi) is 3.62. The Morgan fingerprint density at radius 3 is 2.65 bits per heavy atom. The molecule has 1 aromatic carbocycles. The van der Waals surface area contributed by atoms with E-state index in [2.05, 4.69) is 45.2 Å². The van der Waals surface area contributed by atoms with Gasteiger partial charge in [0.15, 0.2) is 0 Å². The molecule has 0 aliphatic carbocycles. The van der Waals surface area contributed by atoms with Crippen LogP contribution in [-0.4, -0.2) is 23.1 Å². The average molecular weight is 288 g/mol. The van der Waals surface area contributed by atoms with Gasteiger partial charge in [-0.3, -0.25) is 0 Å². The number of rotatable bonds is 2. The van der Waals surface area contributed by atoms with Gasteiger partial charge in [0.2, 0.25) is 0 Å². The molecule has 1 aliphatic rings. The van der Waals surface area contributed by atoms with Crippen LogP contribution >= 0.6 is 11.6 Å². The minimum Gasteiger partial charge on any atom is -0.356 e. The van der Waals surface area contributed by atoms with E-state index in [0.717, 1.165) is 36.7 Å². The number of nitrogens with zero attached hydrogens (tertiary/aromatic N) is 3. The maximum absolute atomic E-state index is 6.17. The van der Waals surface area contributed by atoms with Gasteiger partial charge in [-0.15, -0.1) is 0 Å². The Labute approximate surface area is 124 Å². The number of aryl methyl sites for hydroxylation is 1. The Balaban J connectivity index is 1.84. The van der Waals surface area contributed by atoms with E-state index in [1.54, 1.807) is 0 Å². The van der Waals surface area contributed by atoms with E-state index in [0.29, 0.717) is 11.1 Å². The zero-order chi connectivity index (χ0) is 14.1. The predicted octanol–water partition coefficient (Wildman–Crippen LogP) is 3.74. The SMILES string of the molecule is Cc1nc(Cl)c(C)c(N2CCC(c3ccccc3)C2)n1. The molecule has 1 fully saturated rings. The number of aromatic nitrogens is 2. The number of hydrogen-bond donors (Lipinski definition) is 0. The van der Waals surface area contributed by atoms with Crippen LogP contribution in [0.25, 0.3) is 0 Å². The minimum absolute atomic E-state index is 0.565. The fourth-order valence-corrected chi connectivity index (χ4v) is 3.04.